The lowest BCUT2D eigenvalue weighted by atomic mass is 10.1. The van der Waals surface area contributed by atoms with Gasteiger partial charge in [-0.05, 0) is 32.3 Å². The molecule has 20 heavy (non-hydrogen) atoms. The number of para-hydroxylation sites is 1. The van der Waals surface area contributed by atoms with Crippen molar-refractivity contribution in [1.82, 2.24) is 15.0 Å². The molecule has 1 N–H and O–H groups in total. The number of hydrogen-bond acceptors (Lipinski definition) is 3. The van der Waals surface area contributed by atoms with Gasteiger partial charge in [0.1, 0.15) is 16.9 Å². The minimum atomic E-state index is 0.850. The van der Waals surface area contributed by atoms with Crippen molar-refractivity contribution in [2.45, 2.75) is 26.2 Å². The summed E-state index contributed by atoms with van der Waals surface area (Å²) in [5, 5.41) is 1.19. The van der Waals surface area contributed by atoms with E-state index in [0.717, 1.165) is 41.3 Å². The van der Waals surface area contributed by atoms with Gasteiger partial charge in [0.25, 0.3) is 0 Å². The molecule has 102 valence electrons. The first kappa shape index (κ1) is 11.7. The lowest BCUT2D eigenvalue weighted by molar-refractivity contribution is 0.574. The Bertz CT molecular complexity index is 769. The molecule has 1 fully saturated rings. The van der Waals surface area contributed by atoms with E-state index in [-0.39, 0.29) is 0 Å². The van der Waals surface area contributed by atoms with Crippen LogP contribution < -0.4 is 4.90 Å². The molecule has 2 aromatic heterocycles. The largest absolute Gasteiger partial charge is 0.355 e. The molecule has 3 aromatic rings. The molecule has 1 aliphatic rings. The molecule has 0 radical (unpaired) electrons. The van der Waals surface area contributed by atoms with Crippen molar-refractivity contribution >= 4 is 27.8 Å². The summed E-state index contributed by atoms with van der Waals surface area (Å²) < 4.78 is 0. The van der Waals surface area contributed by atoms with E-state index in [4.69, 9.17) is 4.98 Å². The van der Waals surface area contributed by atoms with Crippen molar-refractivity contribution in [1.29, 1.82) is 0 Å². The Morgan fingerprint density at radius 2 is 1.85 bits per heavy atom. The predicted molar refractivity (Wildman–Crippen MR) is 82.2 cm³/mol. The number of nitrogens with zero attached hydrogens (tertiary/aromatic N) is 3. The van der Waals surface area contributed by atoms with Gasteiger partial charge in [0.05, 0.1) is 0 Å². The summed E-state index contributed by atoms with van der Waals surface area (Å²) in [7, 11) is 0. The number of H-pyrrole nitrogens is 1. The molecule has 0 saturated carbocycles. The van der Waals surface area contributed by atoms with Gasteiger partial charge in [-0.1, -0.05) is 18.2 Å². The fourth-order valence-electron chi connectivity index (χ4n) is 3.14. The second-order valence-corrected chi connectivity index (χ2v) is 5.54. The first-order valence-electron chi connectivity index (χ1n) is 7.33. The van der Waals surface area contributed by atoms with E-state index in [1.54, 1.807) is 0 Å². The second-order valence-electron chi connectivity index (χ2n) is 5.54. The molecule has 4 rings (SSSR count). The van der Waals surface area contributed by atoms with Gasteiger partial charge in [0.15, 0.2) is 5.82 Å². The SMILES string of the molecule is Cc1nc(N2CCCCC2)c2[nH]c3ccccc3c2n1. The van der Waals surface area contributed by atoms with Crippen LogP contribution in [0.2, 0.25) is 0 Å². The number of anilines is 1. The van der Waals surface area contributed by atoms with Gasteiger partial charge in [-0.25, -0.2) is 9.97 Å². The van der Waals surface area contributed by atoms with Gasteiger partial charge >= 0.3 is 0 Å². The second kappa shape index (κ2) is 4.47. The van der Waals surface area contributed by atoms with Crippen LogP contribution >= 0.6 is 0 Å². The number of nitrogens with one attached hydrogen (secondary N) is 1. The number of aryl methyl sites for hydroxylation is 1. The van der Waals surface area contributed by atoms with E-state index in [1.807, 2.05) is 6.92 Å². The Morgan fingerprint density at radius 3 is 2.70 bits per heavy atom. The molecule has 1 saturated heterocycles. The van der Waals surface area contributed by atoms with E-state index in [1.165, 1.54) is 24.6 Å². The molecule has 0 aliphatic carbocycles. The normalized spacial score (nSPS) is 16.1. The lowest BCUT2D eigenvalue weighted by Gasteiger charge is -2.28. The number of hydrogen-bond donors (Lipinski definition) is 1. The number of fused-ring (bicyclic) bond motifs is 3. The Balaban J connectivity index is 1.99. The zero-order chi connectivity index (χ0) is 13.5. The third kappa shape index (κ3) is 1.75. The molecule has 0 amide bonds. The maximum Gasteiger partial charge on any atom is 0.156 e. The third-order valence-electron chi connectivity index (χ3n) is 4.10. The molecular weight excluding hydrogens is 248 g/mol. The van der Waals surface area contributed by atoms with Crippen LogP contribution in [0.3, 0.4) is 0 Å². The number of aromatic nitrogens is 3. The number of benzene rings is 1. The molecule has 0 bridgehead atoms. The monoisotopic (exact) mass is 266 g/mol. The predicted octanol–water partition coefficient (Wildman–Crippen LogP) is 3.41. The van der Waals surface area contributed by atoms with Crippen LogP contribution in [0.1, 0.15) is 25.1 Å². The maximum absolute atomic E-state index is 4.70. The van der Waals surface area contributed by atoms with Crippen LogP contribution in [-0.4, -0.2) is 28.0 Å². The molecule has 0 unspecified atom stereocenters. The van der Waals surface area contributed by atoms with Crippen LogP contribution in [-0.2, 0) is 0 Å². The Morgan fingerprint density at radius 1 is 1.05 bits per heavy atom. The van der Waals surface area contributed by atoms with Crippen LogP contribution in [0.25, 0.3) is 21.9 Å². The van der Waals surface area contributed by atoms with Crippen LogP contribution in [0, 0.1) is 6.92 Å². The van der Waals surface area contributed by atoms with Gasteiger partial charge in [-0.3, -0.25) is 0 Å². The van der Waals surface area contributed by atoms with Crippen molar-refractivity contribution in [3.63, 3.8) is 0 Å². The van der Waals surface area contributed by atoms with Gasteiger partial charge in [0, 0.05) is 24.0 Å². The van der Waals surface area contributed by atoms with Crippen LogP contribution in [0.4, 0.5) is 5.82 Å². The van der Waals surface area contributed by atoms with Gasteiger partial charge in [-0.15, -0.1) is 0 Å². The van der Waals surface area contributed by atoms with Crippen molar-refractivity contribution in [3.8, 4) is 0 Å². The van der Waals surface area contributed by atoms with E-state index < -0.39 is 0 Å². The van der Waals surface area contributed by atoms with E-state index >= 15 is 0 Å². The summed E-state index contributed by atoms with van der Waals surface area (Å²) >= 11 is 0. The molecule has 1 aromatic carbocycles. The lowest BCUT2D eigenvalue weighted by Crippen LogP contribution is -2.30. The smallest absolute Gasteiger partial charge is 0.156 e. The highest BCUT2D eigenvalue weighted by Crippen LogP contribution is 2.30. The summed E-state index contributed by atoms with van der Waals surface area (Å²) in [6, 6.07) is 8.35. The summed E-state index contributed by atoms with van der Waals surface area (Å²) in [5.41, 5.74) is 3.27. The minimum absolute atomic E-state index is 0.850. The Labute approximate surface area is 117 Å². The van der Waals surface area contributed by atoms with Crippen LogP contribution in [0.5, 0.6) is 0 Å². The Hall–Kier alpha value is -2.10. The van der Waals surface area contributed by atoms with E-state index in [0.29, 0.717) is 0 Å². The first-order chi connectivity index (χ1) is 9.83. The zero-order valence-corrected chi connectivity index (χ0v) is 11.7. The highest BCUT2D eigenvalue weighted by atomic mass is 15.2. The zero-order valence-electron chi connectivity index (χ0n) is 11.7. The minimum Gasteiger partial charge on any atom is -0.355 e. The summed E-state index contributed by atoms with van der Waals surface area (Å²) in [6.07, 6.45) is 3.84. The topological polar surface area (TPSA) is 44.8 Å². The number of piperidine rings is 1. The third-order valence-corrected chi connectivity index (χ3v) is 4.10. The summed E-state index contributed by atoms with van der Waals surface area (Å²) in [5.74, 6) is 1.92. The Kier molecular flexibility index (Phi) is 2.62. The quantitative estimate of drug-likeness (QED) is 0.734. The molecule has 3 heterocycles. The van der Waals surface area contributed by atoms with E-state index in [2.05, 4.69) is 39.1 Å². The van der Waals surface area contributed by atoms with Crippen molar-refractivity contribution in [2.24, 2.45) is 0 Å². The molecule has 0 spiro atoms. The van der Waals surface area contributed by atoms with Gasteiger partial charge < -0.3 is 9.88 Å². The molecule has 0 atom stereocenters. The van der Waals surface area contributed by atoms with E-state index in [9.17, 15) is 0 Å². The van der Waals surface area contributed by atoms with Crippen LogP contribution in [0.15, 0.2) is 24.3 Å². The van der Waals surface area contributed by atoms with Crippen molar-refractivity contribution in [3.05, 3.63) is 30.1 Å². The average Bonchev–Trinajstić information content (AvgIpc) is 2.86. The molecule has 4 nitrogen and oxygen atoms in total. The average molecular weight is 266 g/mol. The summed E-state index contributed by atoms with van der Waals surface area (Å²) in [6.45, 7) is 4.18. The highest BCUT2D eigenvalue weighted by molar-refractivity contribution is 6.08. The maximum atomic E-state index is 4.70. The fraction of sp³-hybridized carbons (Fsp3) is 0.375. The molecular formula is C16H18N4. The van der Waals surface area contributed by atoms with Gasteiger partial charge in [-0.2, -0.15) is 0 Å². The van der Waals surface area contributed by atoms with Crippen molar-refractivity contribution in [2.75, 3.05) is 18.0 Å². The van der Waals surface area contributed by atoms with Gasteiger partial charge in [0.2, 0.25) is 0 Å². The fourth-order valence-corrected chi connectivity index (χ4v) is 3.14. The number of rotatable bonds is 1. The molecule has 4 heteroatoms. The highest BCUT2D eigenvalue weighted by Gasteiger charge is 2.18. The van der Waals surface area contributed by atoms with Crippen molar-refractivity contribution < 1.29 is 0 Å². The standard InChI is InChI=1S/C16H18N4/c1-11-17-14-12-7-3-4-8-13(12)19-15(14)16(18-11)20-9-5-2-6-10-20/h3-4,7-8,19H,2,5-6,9-10H2,1H3. The molecule has 1 aliphatic heterocycles. The number of aromatic amines is 1. The summed E-state index contributed by atoms with van der Waals surface area (Å²) in [4.78, 5) is 15.3. The first-order valence-corrected chi connectivity index (χ1v) is 7.33.